The third kappa shape index (κ3) is 4.70. The Morgan fingerprint density at radius 3 is 2.33 bits per heavy atom. The Morgan fingerprint density at radius 2 is 1.71 bits per heavy atom. The number of piperidine rings is 1. The van der Waals surface area contributed by atoms with E-state index in [4.69, 9.17) is 0 Å². The Kier molecular flexibility index (Phi) is 6.03. The summed E-state index contributed by atoms with van der Waals surface area (Å²) in [6.07, 6.45) is 8.14. The summed E-state index contributed by atoms with van der Waals surface area (Å²) < 4.78 is 0. The molecule has 1 aliphatic heterocycles. The van der Waals surface area contributed by atoms with E-state index in [0.717, 1.165) is 25.8 Å². The molecule has 1 saturated carbocycles. The van der Waals surface area contributed by atoms with Crippen molar-refractivity contribution in [3.63, 3.8) is 0 Å². The molecular weight excluding hydrogens is 268 g/mol. The highest BCUT2D eigenvalue weighted by Gasteiger charge is 2.42. The van der Waals surface area contributed by atoms with Crippen LogP contribution in [-0.4, -0.2) is 48.1 Å². The second-order valence-electron chi connectivity index (χ2n) is 6.58. The van der Waals surface area contributed by atoms with Gasteiger partial charge in [-0.2, -0.15) is 0 Å². The number of rotatable bonds is 7. The number of nitrogens with one attached hydrogen (secondary N) is 1. The monoisotopic (exact) mass is 296 g/mol. The van der Waals surface area contributed by atoms with Crippen LogP contribution in [0.2, 0.25) is 0 Å². The molecule has 1 heterocycles. The number of aliphatic carboxylic acids is 1. The lowest BCUT2D eigenvalue weighted by molar-refractivity contribution is -0.151. The molecule has 0 aromatic carbocycles. The zero-order valence-electron chi connectivity index (χ0n) is 12.9. The minimum atomic E-state index is -0.802. The van der Waals surface area contributed by atoms with Crippen molar-refractivity contribution in [3.8, 4) is 0 Å². The number of carbonyl (C=O) groups is 2. The summed E-state index contributed by atoms with van der Waals surface area (Å²) in [5, 5.41) is 12.3. The van der Waals surface area contributed by atoms with Gasteiger partial charge in [-0.3, -0.25) is 9.59 Å². The molecule has 0 atom stereocenters. The van der Waals surface area contributed by atoms with E-state index in [0.29, 0.717) is 19.4 Å². The first kappa shape index (κ1) is 16.3. The van der Waals surface area contributed by atoms with Crippen molar-refractivity contribution in [2.24, 2.45) is 5.41 Å². The molecule has 2 rings (SSSR count). The third-order valence-corrected chi connectivity index (χ3v) is 4.94. The van der Waals surface area contributed by atoms with Crippen LogP contribution in [0.25, 0.3) is 0 Å². The molecule has 120 valence electrons. The van der Waals surface area contributed by atoms with Crippen molar-refractivity contribution < 1.29 is 14.7 Å². The minimum absolute atomic E-state index is 0.0991. The van der Waals surface area contributed by atoms with Gasteiger partial charge in [-0.25, -0.2) is 0 Å². The van der Waals surface area contributed by atoms with Crippen molar-refractivity contribution >= 4 is 11.9 Å². The van der Waals surface area contributed by atoms with Gasteiger partial charge in [0.25, 0.3) is 0 Å². The SMILES string of the molecule is O=C(CC1(C(=O)O)CCCC1)NCCCN1CCCCC1. The van der Waals surface area contributed by atoms with Gasteiger partial charge in [0.1, 0.15) is 0 Å². The number of amides is 1. The molecule has 0 aromatic rings. The lowest BCUT2D eigenvalue weighted by Gasteiger charge is -2.26. The fourth-order valence-corrected chi connectivity index (χ4v) is 3.60. The summed E-state index contributed by atoms with van der Waals surface area (Å²) in [7, 11) is 0. The lowest BCUT2D eigenvalue weighted by Crippen LogP contribution is -2.37. The average Bonchev–Trinajstić information content (AvgIpc) is 2.94. The number of carbonyl (C=O) groups excluding carboxylic acids is 1. The standard InChI is InChI=1S/C16H28N2O3/c19-14(13-16(15(20)21)7-2-3-8-16)17-9-6-12-18-10-4-1-5-11-18/h1-13H2,(H,17,19)(H,20,21). The van der Waals surface area contributed by atoms with Gasteiger partial charge >= 0.3 is 5.97 Å². The van der Waals surface area contributed by atoms with Crippen LogP contribution < -0.4 is 5.32 Å². The molecule has 2 fully saturated rings. The number of hydrogen-bond donors (Lipinski definition) is 2. The molecule has 0 spiro atoms. The van der Waals surface area contributed by atoms with Crippen LogP contribution in [0.4, 0.5) is 0 Å². The average molecular weight is 296 g/mol. The largest absolute Gasteiger partial charge is 0.481 e. The van der Waals surface area contributed by atoms with E-state index in [1.165, 1.54) is 32.4 Å². The predicted octanol–water partition coefficient (Wildman–Crippen LogP) is 2.01. The first-order chi connectivity index (χ1) is 10.1. The van der Waals surface area contributed by atoms with E-state index in [-0.39, 0.29) is 12.3 Å². The Balaban J connectivity index is 1.63. The van der Waals surface area contributed by atoms with Crippen LogP contribution in [0.1, 0.15) is 57.8 Å². The summed E-state index contributed by atoms with van der Waals surface area (Å²) in [6, 6.07) is 0. The number of carboxylic acid groups (broad SMARTS) is 1. The summed E-state index contributed by atoms with van der Waals surface area (Å²) in [4.78, 5) is 25.8. The molecule has 0 unspecified atom stereocenters. The first-order valence-corrected chi connectivity index (χ1v) is 8.35. The van der Waals surface area contributed by atoms with E-state index >= 15 is 0 Å². The highest BCUT2D eigenvalue weighted by Crippen LogP contribution is 2.41. The van der Waals surface area contributed by atoms with Crippen LogP contribution >= 0.6 is 0 Å². The van der Waals surface area contributed by atoms with Crippen LogP contribution in [-0.2, 0) is 9.59 Å². The highest BCUT2D eigenvalue weighted by atomic mass is 16.4. The molecule has 5 nitrogen and oxygen atoms in total. The van der Waals surface area contributed by atoms with Gasteiger partial charge in [-0.1, -0.05) is 19.3 Å². The summed E-state index contributed by atoms with van der Waals surface area (Å²) in [5.74, 6) is -0.901. The van der Waals surface area contributed by atoms with Crippen molar-refractivity contribution in [2.75, 3.05) is 26.2 Å². The van der Waals surface area contributed by atoms with Crippen molar-refractivity contribution in [3.05, 3.63) is 0 Å². The van der Waals surface area contributed by atoms with Gasteiger partial charge in [0, 0.05) is 13.0 Å². The maximum Gasteiger partial charge on any atom is 0.310 e. The van der Waals surface area contributed by atoms with E-state index in [1.54, 1.807) is 0 Å². The Hall–Kier alpha value is -1.10. The second kappa shape index (κ2) is 7.78. The van der Waals surface area contributed by atoms with E-state index in [9.17, 15) is 14.7 Å². The van der Waals surface area contributed by atoms with Crippen LogP contribution in [0, 0.1) is 5.41 Å². The lowest BCUT2D eigenvalue weighted by atomic mass is 9.82. The fourth-order valence-electron chi connectivity index (χ4n) is 3.60. The molecule has 2 aliphatic rings. The summed E-state index contributed by atoms with van der Waals surface area (Å²) in [5.41, 5.74) is -0.795. The first-order valence-electron chi connectivity index (χ1n) is 8.35. The predicted molar refractivity (Wildman–Crippen MR) is 81.1 cm³/mol. The topological polar surface area (TPSA) is 69.6 Å². The molecule has 21 heavy (non-hydrogen) atoms. The smallest absolute Gasteiger partial charge is 0.310 e. The van der Waals surface area contributed by atoms with E-state index in [2.05, 4.69) is 10.2 Å². The van der Waals surface area contributed by atoms with Crippen LogP contribution in [0.3, 0.4) is 0 Å². The maximum atomic E-state index is 12.0. The summed E-state index contributed by atoms with van der Waals surface area (Å²) >= 11 is 0. The molecule has 5 heteroatoms. The van der Waals surface area contributed by atoms with Crippen molar-refractivity contribution in [1.82, 2.24) is 10.2 Å². The quantitative estimate of drug-likeness (QED) is 0.705. The fraction of sp³-hybridized carbons (Fsp3) is 0.875. The Labute approximate surface area is 127 Å². The van der Waals surface area contributed by atoms with Gasteiger partial charge in [0.05, 0.1) is 5.41 Å². The molecule has 1 saturated heterocycles. The molecule has 2 N–H and O–H groups in total. The zero-order valence-corrected chi connectivity index (χ0v) is 12.9. The van der Waals surface area contributed by atoms with Gasteiger partial charge < -0.3 is 15.3 Å². The maximum absolute atomic E-state index is 12.0. The van der Waals surface area contributed by atoms with Crippen molar-refractivity contribution in [2.45, 2.75) is 57.8 Å². The van der Waals surface area contributed by atoms with Gasteiger partial charge in [0.15, 0.2) is 0 Å². The number of nitrogens with zero attached hydrogens (tertiary/aromatic N) is 1. The van der Waals surface area contributed by atoms with E-state index < -0.39 is 11.4 Å². The molecule has 0 radical (unpaired) electrons. The number of hydrogen-bond acceptors (Lipinski definition) is 3. The third-order valence-electron chi connectivity index (χ3n) is 4.94. The van der Waals surface area contributed by atoms with Gasteiger partial charge in [0.2, 0.25) is 5.91 Å². The Morgan fingerprint density at radius 1 is 1.05 bits per heavy atom. The second-order valence-corrected chi connectivity index (χ2v) is 6.58. The minimum Gasteiger partial charge on any atom is -0.481 e. The van der Waals surface area contributed by atoms with Gasteiger partial charge in [-0.15, -0.1) is 0 Å². The van der Waals surface area contributed by atoms with Crippen LogP contribution in [0.15, 0.2) is 0 Å². The number of carboxylic acids is 1. The molecule has 0 aromatic heterocycles. The zero-order chi connectivity index (χ0) is 15.1. The molecule has 1 aliphatic carbocycles. The molecule has 0 bridgehead atoms. The normalized spacial score (nSPS) is 22.1. The Bertz CT molecular complexity index is 359. The van der Waals surface area contributed by atoms with Gasteiger partial charge in [-0.05, 0) is 51.7 Å². The highest BCUT2D eigenvalue weighted by molar-refractivity contribution is 5.85. The summed E-state index contributed by atoms with van der Waals surface area (Å²) in [6.45, 7) is 4.04. The van der Waals surface area contributed by atoms with E-state index in [1.807, 2.05) is 0 Å². The molecule has 1 amide bonds. The number of likely N-dealkylation sites (tertiary alicyclic amines) is 1. The van der Waals surface area contributed by atoms with Crippen LogP contribution in [0.5, 0.6) is 0 Å². The van der Waals surface area contributed by atoms with Crippen molar-refractivity contribution in [1.29, 1.82) is 0 Å². The molecular formula is C16H28N2O3.